The molecule has 0 saturated carbocycles. The van der Waals surface area contributed by atoms with Gasteiger partial charge in [-0.05, 0) is 20.9 Å². The molecule has 1 aromatic heterocycles. The Kier molecular flexibility index (Phi) is 3.69. The molecule has 0 aromatic carbocycles. The van der Waals surface area contributed by atoms with Crippen LogP contribution in [-0.4, -0.2) is 22.6 Å². The number of hydrogen-bond donors (Lipinski definition) is 1. The summed E-state index contributed by atoms with van der Waals surface area (Å²) in [5.41, 5.74) is 0. The lowest BCUT2D eigenvalue weighted by Gasteiger charge is -2.23. The van der Waals surface area contributed by atoms with Crippen LogP contribution in [0.15, 0.2) is 12.4 Å². The van der Waals surface area contributed by atoms with Crippen LogP contribution in [0, 0.1) is 0 Å². The lowest BCUT2D eigenvalue weighted by atomic mass is 10.1. The van der Waals surface area contributed by atoms with Crippen LogP contribution in [0.1, 0.15) is 45.5 Å². The van der Waals surface area contributed by atoms with E-state index in [1.165, 1.54) is 5.82 Å². The first kappa shape index (κ1) is 11.2. The van der Waals surface area contributed by atoms with Crippen LogP contribution in [0.5, 0.6) is 0 Å². The monoisotopic (exact) mass is 195 g/mol. The quantitative estimate of drug-likeness (QED) is 0.798. The van der Waals surface area contributed by atoms with Gasteiger partial charge in [-0.3, -0.25) is 0 Å². The fourth-order valence-electron chi connectivity index (χ4n) is 1.60. The molecule has 0 bridgehead atoms. The Morgan fingerprint density at radius 2 is 1.93 bits per heavy atom. The van der Waals surface area contributed by atoms with Crippen LogP contribution in [0.4, 0.5) is 0 Å². The summed E-state index contributed by atoms with van der Waals surface area (Å²) in [6.07, 6.45) is 3.95. The molecule has 1 N–H and O–H groups in total. The van der Waals surface area contributed by atoms with Crippen LogP contribution in [0.3, 0.4) is 0 Å². The Hall–Kier alpha value is -0.830. The molecule has 0 aliphatic heterocycles. The molecule has 80 valence electrons. The lowest BCUT2D eigenvalue weighted by molar-refractivity contribution is 0.400. The van der Waals surface area contributed by atoms with Gasteiger partial charge in [0, 0.05) is 30.4 Å². The summed E-state index contributed by atoms with van der Waals surface area (Å²) in [4.78, 5) is 4.39. The summed E-state index contributed by atoms with van der Waals surface area (Å²) < 4.78 is 2.26. The Balaban J connectivity index is 2.89. The summed E-state index contributed by atoms with van der Waals surface area (Å²) in [5.74, 6) is 1.65. The number of hydrogen-bond acceptors (Lipinski definition) is 2. The maximum Gasteiger partial charge on any atom is 0.111 e. The van der Waals surface area contributed by atoms with E-state index in [0.717, 1.165) is 0 Å². The van der Waals surface area contributed by atoms with Crippen LogP contribution >= 0.6 is 0 Å². The van der Waals surface area contributed by atoms with Crippen molar-refractivity contribution in [2.75, 3.05) is 7.05 Å². The predicted molar refractivity (Wildman–Crippen MR) is 59.5 cm³/mol. The number of aromatic nitrogens is 2. The molecule has 3 nitrogen and oxygen atoms in total. The van der Waals surface area contributed by atoms with Crippen molar-refractivity contribution in [2.45, 2.75) is 45.7 Å². The molecule has 1 rings (SSSR count). The van der Waals surface area contributed by atoms with E-state index in [9.17, 15) is 0 Å². The average molecular weight is 195 g/mol. The average Bonchev–Trinajstić information content (AvgIpc) is 2.63. The second-order valence-corrected chi connectivity index (χ2v) is 4.17. The molecular formula is C11H21N3. The molecule has 2 atom stereocenters. The topological polar surface area (TPSA) is 29.9 Å². The van der Waals surface area contributed by atoms with Crippen molar-refractivity contribution in [1.82, 2.24) is 14.9 Å². The highest BCUT2D eigenvalue weighted by molar-refractivity contribution is 5.00. The molecule has 0 aliphatic rings. The van der Waals surface area contributed by atoms with E-state index in [2.05, 4.69) is 48.8 Å². The Morgan fingerprint density at radius 3 is 2.43 bits per heavy atom. The molecule has 3 heteroatoms. The second-order valence-electron chi connectivity index (χ2n) is 4.17. The highest BCUT2D eigenvalue weighted by Crippen LogP contribution is 2.19. The smallest absolute Gasteiger partial charge is 0.111 e. The summed E-state index contributed by atoms with van der Waals surface area (Å²) >= 11 is 0. The van der Waals surface area contributed by atoms with Crippen molar-refractivity contribution >= 4 is 0 Å². The minimum absolute atomic E-state index is 0.444. The van der Waals surface area contributed by atoms with Gasteiger partial charge in [-0.2, -0.15) is 0 Å². The fraction of sp³-hybridized carbons (Fsp3) is 0.727. The molecular weight excluding hydrogens is 174 g/mol. The van der Waals surface area contributed by atoms with Gasteiger partial charge in [0.1, 0.15) is 5.82 Å². The lowest BCUT2D eigenvalue weighted by Crippen LogP contribution is -2.31. The summed E-state index contributed by atoms with van der Waals surface area (Å²) in [5, 5.41) is 3.27. The van der Waals surface area contributed by atoms with E-state index < -0.39 is 0 Å². The van der Waals surface area contributed by atoms with Gasteiger partial charge in [-0.25, -0.2) is 4.98 Å². The fourth-order valence-corrected chi connectivity index (χ4v) is 1.60. The van der Waals surface area contributed by atoms with Gasteiger partial charge in [-0.1, -0.05) is 13.8 Å². The van der Waals surface area contributed by atoms with Gasteiger partial charge >= 0.3 is 0 Å². The zero-order valence-electron chi connectivity index (χ0n) is 9.78. The molecule has 0 spiro atoms. The molecule has 0 fully saturated rings. The number of nitrogens with zero attached hydrogens (tertiary/aromatic N) is 2. The second kappa shape index (κ2) is 4.60. The maximum atomic E-state index is 4.39. The highest BCUT2D eigenvalue weighted by Gasteiger charge is 2.16. The normalized spacial score (nSPS) is 15.9. The number of imidazole rings is 1. The number of likely N-dealkylation sites (N-methyl/N-ethyl adjacent to an activating group) is 1. The molecule has 0 saturated heterocycles. The zero-order chi connectivity index (χ0) is 10.7. The molecule has 0 aliphatic carbocycles. The van der Waals surface area contributed by atoms with Gasteiger partial charge in [-0.15, -0.1) is 0 Å². The van der Waals surface area contributed by atoms with Crippen molar-refractivity contribution < 1.29 is 0 Å². The van der Waals surface area contributed by atoms with E-state index in [1.54, 1.807) is 0 Å². The van der Waals surface area contributed by atoms with Crippen molar-refractivity contribution in [3.8, 4) is 0 Å². The largest absolute Gasteiger partial charge is 0.330 e. The van der Waals surface area contributed by atoms with E-state index in [4.69, 9.17) is 0 Å². The van der Waals surface area contributed by atoms with Crippen molar-refractivity contribution in [3.63, 3.8) is 0 Å². The third-order valence-corrected chi connectivity index (χ3v) is 2.83. The van der Waals surface area contributed by atoms with Crippen molar-refractivity contribution in [3.05, 3.63) is 18.2 Å². The molecule has 0 radical (unpaired) electrons. The van der Waals surface area contributed by atoms with Gasteiger partial charge in [0.15, 0.2) is 0 Å². The molecule has 1 heterocycles. The predicted octanol–water partition coefficient (Wildman–Crippen LogP) is 2.18. The molecule has 1 aromatic rings. The Morgan fingerprint density at radius 1 is 1.29 bits per heavy atom. The van der Waals surface area contributed by atoms with Crippen molar-refractivity contribution in [2.24, 2.45) is 0 Å². The van der Waals surface area contributed by atoms with E-state index in [1.807, 2.05) is 13.2 Å². The van der Waals surface area contributed by atoms with E-state index in [0.29, 0.717) is 18.0 Å². The SMILES string of the molecule is CNC(C)C(C)n1ccnc1C(C)C. The highest BCUT2D eigenvalue weighted by atomic mass is 15.1. The first-order valence-corrected chi connectivity index (χ1v) is 5.28. The Labute approximate surface area is 86.5 Å². The standard InChI is InChI=1S/C11H21N3/c1-8(2)11-13-6-7-14(11)10(4)9(3)12-5/h6-10,12H,1-5H3. The van der Waals surface area contributed by atoms with Gasteiger partial charge < -0.3 is 9.88 Å². The van der Waals surface area contributed by atoms with E-state index in [-0.39, 0.29) is 0 Å². The number of rotatable bonds is 4. The van der Waals surface area contributed by atoms with E-state index >= 15 is 0 Å². The Bertz CT molecular complexity index is 278. The number of nitrogens with one attached hydrogen (secondary N) is 1. The van der Waals surface area contributed by atoms with Crippen LogP contribution in [0.25, 0.3) is 0 Å². The minimum Gasteiger partial charge on any atom is -0.330 e. The molecule has 0 amide bonds. The van der Waals surface area contributed by atoms with Gasteiger partial charge in [0.25, 0.3) is 0 Å². The summed E-state index contributed by atoms with van der Waals surface area (Å²) in [6.45, 7) is 8.76. The third-order valence-electron chi connectivity index (χ3n) is 2.83. The molecule has 2 unspecified atom stereocenters. The van der Waals surface area contributed by atoms with Crippen molar-refractivity contribution in [1.29, 1.82) is 0 Å². The minimum atomic E-state index is 0.444. The zero-order valence-corrected chi connectivity index (χ0v) is 9.78. The summed E-state index contributed by atoms with van der Waals surface area (Å²) in [7, 11) is 1.99. The van der Waals surface area contributed by atoms with Crippen LogP contribution in [0.2, 0.25) is 0 Å². The first-order valence-electron chi connectivity index (χ1n) is 5.28. The third kappa shape index (κ3) is 2.15. The maximum absolute atomic E-state index is 4.39. The van der Waals surface area contributed by atoms with Crippen LogP contribution in [-0.2, 0) is 0 Å². The van der Waals surface area contributed by atoms with Gasteiger partial charge in [0.2, 0.25) is 0 Å². The first-order chi connectivity index (χ1) is 6.57. The van der Waals surface area contributed by atoms with Crippen LogP contribution < -0.4 is 5.32 Å². The summed E-state index contributed by atoms with van der Waals surface area (Å²) in [6, 6.07) is 0.904. The molecule has 14 heavy (non-hydrogen) atoms. The van der Waals surface area contributed by atoms with Gasteiger partial charge in [0.05, 0.1) is 0 Å².